The van der Waals surface area contributed by atoms with Gasteiger partial charge in [-0.15, -0.1) is 5.76 Å². The van der Waals surface area contributed by atoms with Gasteiger partial charge in [0.1, 0.15) is 0 Å². The Morgan fingerprint density at radius 3 is 1.83 bits per heavy atom. The third-order valence-electron chi connectivity index (χ3n) is 1.25. The van der Waals surface area contributed by atoms with Crippen LogP contribution in [-0.4, -0.2) is 19.8 Å². The van der Waals surface area contributed by atoms with Crippen LogP contribution < -0.4 is 5.11 Å². The standard InChI is InChI=1S/C6H10O.2C2H5.Ga/c7-6-4-2-1-3-5-6;2*1-2;/h4,7H,1-3,5H2;2*1H2,2H3;/p-1. The molecule has 0 spiro atoms. The van der Waals surface area contributed by atoms with Gasteiger partial charge in [0.2, 0.25) is 0 Å². The minimum absolute atomic E-state index is 0. The van der Waals surface area contributed by atoms with Gasteiger partial charge in [-0.3, -0.25) is 0 Å². The fourth-order valence-corrected chi connectivity index (χ4v) is 0.809. The predicted molar refractivity (Wildman–Crippen MR) is 54.4 cm³/mol. The molecule has 0 bridgehead atoms. The SMILES string of the molecule is [CH2]C.[CH2]C.[Ga].[O-]C1=CCCCC1. The Balaban J connectivity index is -0.000000144. The van der Waals surface area contributed by atoms with Crippen LogP contribution in [0.15, 0.2) is 11.8 Å². The van der Waals surface area contributed by atoms with Crippen LogP contribution in [0.4, 0.5) is 0 Å². The first-order valence-electron chi connectivity index (χ1n) is 4.17. The van der Waals surface area contributed by atoms with E-state index in [9.17, 15) is 5.11 Å². The van der Waals surface area contributed by atoms with E-state index in [0.717, 1.165) is 19.3 Å². The summed E-state index contributed by atoms with van der Waals surface area (Å²) in [5.41, 5.74) is 0. The molecule has 0 N–H and O–H groups in total. The zero-order valence-electron chi connectivity index (χ0n) is 8.31. The summed E-state index contributed by atoms with van der Waals surface area (Å²) >= 11 is 0. The van der Waals surface area contributed by atoms with Crippen LogP contribution in [-0.2, 0) is 0 Å². The van der Waals surface area contributed by atoms with Crippen molar-refractivity contribution in [3.63, 3.8) is 0 Å². The Labute approximate surface area is 90.3 Å². The second-order valence-corrected chi connectivity index (χ2v) is 1.92. The van der Waals surface area contributed by atoms with Crippen LogP contribution in [0.2, 0.25) is 0 Å². The van der Waals surface area contributed by atoms with E-state index in [1.54, 1.807) is 19.9 Å². The molecule has 12 heavy (non-hydrogen) atoms. The van der Waals surface area contributed by atoms with Crippen LogP contribution in [0.1, 0.15) is 39.5 Å². The van der Waals surface area contributed by atoms with Gasteiger partial charge in [-0.1, -0.05) is 40.2 Å². The summed E-state index contributed by atoms with van der Waals surface area (Å²) in [5, 5.41) is 10.4. The molecule has 0 amide bonds. The fourth-order valence-electron chi connectivity index (χ4n) is 0.809. The van der Waals surface area contributed by atoms with E-state index >= 15 is 0 Å². The molecule has 0 unspecified atom stereocenters. The number of rotatable bonds is 0. The average molecular weight is 225 g/mol. The summed E-state index contributed by atoms with van der Waals surface area (Å²) in [6.45, 7) is 10.0. The van der Waals surface area contributed by atoms with Crippen molar-refractivity contribution in [3.05, 3.63) is 25.7 Å². The molecule has 0 fully saturated rings. The van der Waals surface area contributed by atoms with Crippen LogP contribution in [0.3, 0.4) is 0 Å². The number of hydrogen-bond donors (Lipinski definition) is 0. The van der Waals surface area contributed by atoms with E-state index < -0.39 is 0 Å². The van der Waals surface area contributed by atoms with Gasteiger partial charge in [-0.05, 0) is 19.3 Å². The van der Waals surface area contributed by atoms with Crippen molar-refractivity contribution in [2.45, 2.75) is 39.5 Å². The quantitative estimate of drug-likeness (QED) is 0.579. The second kappa shape index (κ2) is 17.3. The zero-order chi connectivity index (χ0) is 9.11. The molecule has 0 aromatic carbocycles. The van der Waals surface area contributed by atoms with E-state index in [1.165, 1.54) is 6.42 Å². The summed E-state index contributed by atoms with van der Waals surface area (Å²) in [6.07, 6.45) is 5.92. The molecule has 0 saturated heterocycles. The normalized spacial score (nSPS) is 13.5. The van der Waals surface area contributed by atoms with Gasteiger partial charge >= 0.3 is 0 Å². The molecule has 0 saturated carbocycles. The topological polar surface area (TPSA) is 23.1 Å². The summed E-state index contributed by atoms with van der Waals surface area (Å²) in [5.74, 6) is 0.339. The van der Waals surface area contributed by atoms with E-state index in [0.29, 0.717) is 5.76 Å². The molecular formula is C10H19GaO-. The molecule has 5 radical (unpaired) electrons. The molecule has 1 nitrogen and oxygen atoms in total. The Bertz CT molecular complexity index is 89.8. The Hall–Kier alpha value is 0.176. The third kappa shape index (κ3) is 12.8. The Morgan fingerprint density at radius 1 is 1.17 bits per heavy atom. The molecule has 1 aliphatic carbocycles. The van der Waals surface area contributed by atoms with Crippen LogP contribution >= 0.6 is 0 Å². The Kier molecular flexibility index (Phi) is 26.1. The van der Waals surface area contributed by atoms with E-state index in [4.69, 9.17) is 0 Å². The minimum Gasteiger partial charge on any atom is -0.876 e. The molecular weight excluding hydrogens is 206 g/mol. The van der Waals surface area contributed by atoms with Crippen molar-refractivity contribution in [2.24, 2.45) is 0 Å². The molecule has 0 aromatic rings. The monoisotopic (exact) mass is 224 g/mol. The maximum Gasteiger partial charge on any atom is 0 e. The summed E-state index contributed by atoms with van der Waals surface area (Å²) in [7, 11) is 0. The number of hydrogen-bond acceptors (Lipinski definition) is 1. The van der Waals surface area contributed by atoms with E-state index in [-0.39, 0.29) is 19.8 Å². The molecule has 1 aliphatic rings. The molecule has 2 heteroatoms. The van der Waals surface area contributed by atoms with Crippen LogP contribution in [0, 0.1) is 13.8 Å². The van der Waals surface area contributed by atoms with Gasteiger partial charge < -0.3 is 5.11 Å². The summed E-state index contributed by atoms with van der Waals surface area (Å²) in [4.78, 5) is 0. The fraction of sp³-hybridized carbons (Fsp3) is 0.600. The van der Waals surface area contributed by atoms with Crippen molar-refractivity contribution in [1.82, 2.24) is 0 Å². The molecule has 0 heterocycles. The smallest absolute Gasteiger partial charge is 0 e. The van der Waals surface area contributed by atoms with Crippen molar-refractivity contribution < 1.29 is 5.11 Å². The van der Waals surface area contributed by atoms with Gasteiger partial charge in [-0.2, -0.15) is 0 Å². The van der Waals surface area contributed by atoms with E-state index in [2.05, 4.69) is 13.8 Å². The second-order valence-electron chi connectivity index (χ2n) is 1.92. The largest absolute Gasteiger partial charge is 0.876 e. The van der Waals surface area contributed by atoms with Crippen molar-refractivity contribution in [2.75, 3.05) is 0 Å². The maximum absolute atomic E-state index is 10.4. The average Bonchev–Trinajstić information content (AvgIpc) is 2.13. The van der Waals surface area contributed by atoms with Crippen LogP contribution in [0.25, 0.3) is 0 Å². The molecule has 0 aliphatic heterocycles. The van der Waals surface area contributed by atoms with Gasteiger partial charge in [0.25, 0.3) is 0 Å². The van der Waals surface area contributed by atoms with Crippen LogP contribution in [0.5, 0.6) is 0 Å². The van der Waals surface area contributed by atoms with Gasteiger partial charge in [0.15, 0.2) is 0 Å². The third-order valence-corrected chi connectivity index (χ3v) is 1.25. The van der Waals surface area contributed by atoms with Gasteiger partial charge in [0, 0.05) is 19.8 Å². The van der Waals surface area contributed by atoms with Crippen molar-refractivity contribution >= 4 is 19.8 Å². The maximum atomic E-state index is 10.4. The first-order valence-corrected chi connectivity index (χ1v) is 4.17. The molecule has 69 valence electrons. The van der Waals surface area contributed by atoms with Gasteiger partial charge in [0.05, 0.1) is 0 Å². The first-order chi connectivity index (χ1) is 5.39. The first kappa shape index (κ1) is 18.1. The Morgan fingerprint density at radius 2 is 1.67 bits per heavy atom. The summed E-state index contributed by atoms with van der Waals surface area (Å²) in [6, 6.07) is 0. The zero-order valence-corrected chi connectivity index (χ0v) is 10.7. The molecule has 0 aromatic heterocycles. The van der Waals surface area contributed by atoms with Crippen molar-refractivity contribution in [1.29, 1.82) is 0 Å². The number of allylic oxidation sites excluding steroid dienone is 2. The minimum atomic E-state index is 0. The van der Waals surface area contributed by atoms with E-state index in [1.807, 2.05) is 0 Å². The summed E-state index contributed by atoms with van der Waals surface area (Å²) < 4.78 is 0. The molecule has 1 rings (SSSR count). The van der Waals surface area contributed by atoms with Gasteiger partial charge in [-0.25, -0.2) is 0 Å². The molecule has 0 atom stereocenters. The van der Waals surface area contributed by atoms with Crippen molar-refractivity contribution in [3.8, 4) is 0 Å². The predicted octanol–water partition coefficient (Wildman–Crippen LogP) is 2.10.